The van der Waals surface area contributed by atoms with Gasteiger partial charge >= 0.3 is 0 Å². The lowest BCUT2D eigenvalue weighted by Gasteiger charge is -2.35. The van der Waals surface area contributed by atoms with Crippen molar-refractivity contribution in [2.24, 2.45) is 5.41 Å². The Morgan fingerprint density at radius 1 is 1.31 bits per heavy atom. The van der Waals surface area contributed by atoms with Crippen LogP contribution in [0.4, 0.5) is 4.39 Å². The fraction of sp³-hybridized carbons (Fsp3) is 0.538. The number of halogens is 2. The molecule has 0 unspecified atom stereocenters. The van der Waals surface area contributed by atoms with Gasteiger partial charge in [0.05, 0.1) is 0 Å². The van der Waals surface area contributed by atoms with Gasteiger partial charge in [-0.25, -0.2) is 4.39 Å². The van der Waals surface area contributed by atoms with E-state index in [1.807, 2.05) is 6.07 Å². The largest absolute Gasteiger partial charge is 0.381 e. The van der Waals surface area contributed by atoms with Crippen molar-refractivity contribution in [1.82, 2.24) is 0 Å². The Labute approximate surface area is 104 Å². The number of rotatable bonds is 3. The van der Waals surface area contributed by atoms with Crippen LogP contribution in [0.15, 0.2) is 24.3 Å². The molecule has 2 rings (SSSR count). The van der Waals surface area contributed by atoms with E-state index in [4.69, 9.17) is 4.74 Å². The summed E-state index contributed by atoms with van der Waals surface area (Å²) in [5, 5.41) is 0.958. The quantitative estimate of drug-likeness (QED) is 0.772. The molecule has 16 heavy (non-hydrogen) atoms. The van der Waals surface area contributed by atoms with E-state index in [-0.39, 0.29) is 11.2 Å². The third kappa shape index (κ3) is 2.83. The summed E-state index contributed by atoms with van der Waals surface area (Å²) in [7, 11) is 0. The van der Waals surface area contributed by atoms with Crippen molar-refractivity contribution in [2.75, 3.05) is 18.5 Å². The summed E-state index contributed by atoms with van der Waals surface area (Å²) in [6.07, 6.45) is 3.03. The van der Waals surface area contributed by atoms with Crippen molar-refractivity contribution < 1.29 is 9.13 Å². The predicted molar refractivity (Wildman–Crippen MR) is 66.4 cm³/mol. The number of ether oxygens (including phenoxy) is 1. The molecule has 0 saturated carbocycles. The zero-order valence-electron chi connectivity index (χ0n) is 9.22. The first-order valence-electron chi connectivity index (χ1n) is 5.62. The van der Waals surface area contributed by atoms with E-state index in [0.717, 1.165) is 43.4 Å². The summed E-state index contributed by atoms with van der Waals surface area (Å²) in [5.41, 5.74) is 1.33. The van der Waals surface area contributed by atoms with Gasteiger partial charge in [0.15, 0.2) is 0 Å². The molecule has 1 heterocycles. The average molecular weight is 287 g/mol. The first-order chi connectivity index (χ1) is 7.74. The molecule has 88 valence electrons. The van der Waals surface area contributed by atoms with Crippen LogP contribution in [0, 0.1) is 11.2 Å². The average Bonchev–Trinajstić information content (AvgIpc) is 2.30. The minimum absolute atomic E-state index is 0.144. The molecular weight excluding hydrogens is 271 g/mol. The highest BCUT2D eigenvalue weighted by Gasteiger charge is 2.31. The molecule has 0 atom stereocenters. The zero-order valence-corrected chi connectivity index (χ0v) is 10.8. The van der Waals surface area contributed by atoms with Crippen LogP contribution in [-0.4, -0.2) is 18.5 Å². The molecule has 1 saturated heterocycles. The summed E-state index contributed by atoms with van der Waals surface area (Å²) in [5.74, 6) is -0.144. The van der Waals surface area contributed by atoms with Gasteiger partial charge in [-0.1, -0.05) is 28.1 Å². The maximum Gasteiger partial charge on any atom is 0.123 e. The molecule has 0 spiro atoms. The van der Waals surface area contributed by atoms with E-state index in [0.29, 0.717) is 0 Å². The van der Waals surface area contributed by atoms with E-state index >= 15 is 0 Å². The summed E-state index contributed by atoms with van der Waals surface area (Å²) < 4.78 is 18.5. The molecule has 0 aromatic heterocycles. The summed E-state index contributed by atoms with van der Waals surface area (Å²) in [4.78, 5) is 0. The van der Waals surface area contributed by atoms with Crippen LogP contribution in [0.3, 0.4) is 0 Å². The molecule has 1 aliphatic heterocycles. The monoisotopic (exact) mass is 286 g/mol. The minimum atomic E-state index is -0.144. The van der Waals surface area contributed by atoms with Gasteiger partial charge in [-0.2, -0.15) is 0 Å². The second-order valence-electron chi connectivity index (χ2n) is 4.55. The van der Waals surface area contributed by atoms with Gasteiger partial charge in [-0.05, 0) is 42.4 Å². The van der Waals surface area contributed by atoms with Crippen molar-refractivity contribution >= 4 is 15.9 Å². The minimum Gasteiger partial charge on any atom is -0.381 e. The van der Waals surface area contributed by atoms with Gasteiger partial charge in [-0.3, -0.25) is 0 Å². The second kappa shape index (κ2) is 5.28. The van der Waals surface area contributed by atoms with Crippen LogP contribution in [0.25, 0.3) is 0 Å². The molecule has 3 heteroatoms. The van der Waals surface area contributed by atoms with Gasteiger partial charge < -0.3 is 4.74 Å². The third-order valence-corrected chi connectivity index (χ3v) is 4.49. The molecule has 1 aromatic carbocycles. The van der Waals surface area contributed by atoms with Gasteiger partial charge in [0.25, 0.3) is 0 Å². The van der Waals surface area contributed by atoms with Crippen LogP contribution < -0.4 is 0 Å². The van der Waals surface area contributed by atoms with Crippen LogP contribution >= 0.6 is 15.9 Å². The molecule has 0 radical (unpaired) electrons. The lowest BCUT2D eigenvalue weighted by Crippen LogP contribution is -2.33. The fourth-order valence-corrected chi connectivity index (χ4v) is 3.00. The molecular formula is C13H16BrFO. The van der Waals surface area contributed by atoms with Gasteiger partial charge in [0, 0.05) is 18.5 Å². The van der Waals surface area contributed by atoms with Crippen molar-refractivity contribution in [2.45, 2.75) is 19.3 Å². The number of benzene rings is 1. The van der Waals surface area contributed by atoms with Crippen LogP contribution in [0.1, 0.15) is 18.4 Å². The first kappa shape index (κ1) is 12.1. The summed E-state index contributed by atoms with van der Waals surface area (Å²) >= 11 is 3.59. The van der Waals surface area contributed by atoms with E-state index in [2.05, 4.69) is 15.9 Å². The lowest BCUT2D eigenvalue weighted by molar-refractivity contribution is 0.0269. The Morgan fingerprint density at radius 3 is 2.69 bits per heavy atom. The van der Waals surface area contributed by atoms with Gasteiger partial charge in [0.1, 0.15) is 5.82 Å². The first-order valence-corrected chi connectivity index (χ1v) is 6.74. The number of hydrogen-bond acceptors (Lipinski definition) is 1. The smallest absolute Gasteiger partial charge is 0.123 e. The maximum atomic E-state index is 13.1. The van der Waals surface area contributed by atoms with Crippen LogP contribution in [-0.2, 0) is 11.2 Å². The van der Waals surface area contributed by atoms with Crippen molar-refractivity contribution in [3.8, 4) is 0 Å². The molecule has 1 aromatic rings. The van der Waals surface area contributed by atoms with E-state index < -0.39 is 0 Å². The Kier molecular flexibility index (Phi) is 3.98. The van der Waals surface area contributed by atoms with E-state index in [1.54, 1.807) is 12.1 Å². The highest BCUT2D eigenvalue weighted by Crippen LogP contribution is 2.36. The Hall–Kier alpha value is -0.410. The fourth-order valence-electron chi connectivity index (χ4n) is 2.24. The maximum absolute atomic E-state index is 13.1. The molecule has 1 nitrogen and oxygen atoms in total. The zero-order chi connectivity index (χ0) is 11.4. The molecule has 1 aliphatic rings. The third-order valence-electron chi connectivity index (χ3n) is 3.31. The molecule has 0 N–H and O–H groups in total. The standard InChI is InChI=1S/C13H16BrFO/c14-10-13(4-6-16-7-5-13)9-11-2-1-3-12(15)8-11/h1-3,8H,4-7,9-10H2. The van der Waals surface area contributed by atoms with Crippen molar-refractivity contribution in [3.63, 3.8) is 0 Å². The predicted octanol–water partition coefficient (Wildman–Crippen LogP) is 3.56. The molecule has 0 aliphatic carbocycles. The summed E-state index contributed by atoms with van der Waals surface area (Å²) in [6, 6.07) is 6.92. The highest BCUT2D eigenvalue weighted by atomic mass is 79.9. The Balaban J connectivity index is 2.11. The van der Waals surface area contributed by atoms with Gasteiger partial charge in [0.2, 0.25) is 0 Å². The van der Waals surface area contributed by atoms with Crippen LogP contribution in [0.2, 0.25) is 0 Å². The SMILES string of the molecule is Fc1cccc(CC2(CBr)CCOCC2)c1. The summed E-state index contributed by atoms with van der Waals surface area (Å²) in [6.45, 7) is 1.64. The Bertz CT molecular complexity index is 348. The molecule has 0 bridgehead atoms. The van der Waals surface area contributed by atoms with Crippen molar-refractivity contribution in [1.29, 1.82) is 0 Å². The topological polar surface area (TPSA) is 9.23 Å². The molecule has 0 amide bonds. The lowest BCUT2D eigenvalue weighted by atomic mass is 9.77. The normalized spacial score (nSPS) is 19.6. The van der Waals surface area contributed by atoms with E-state index in [1.165, 1.54) is 6.07 Å². The van der Waals surface area contributed by atoms with Crippen molar-refractivity contribution in [3.05, 3.63) is 35.6 Å². The Morgan fingerprint density at radius 2 is 2.06 bits per heavy atom. The van der Waals surface area contributed by atoms with Crippen LogP contribution in [0.5, 0.6) is 0 Å². The second-order valence-corrected chi connectivity index (χ2v) is 5.11. The number of hydrogen-bond donors (Lipinski definition) is 0. The number of alkyl halides is 1. The molecule has 1 fully saturated rings. The van der Waals surface area contributed by atoms with E-state index in [9.17, 15) is 4.39 Å². The highest BCUT2D eigenvalue weighted by molar-refractivity contribution is 9.09. The van der Waals surface area contributed by atoms with Gasteiger partial charge in [-0.15, -0.1) is 0 Å².